The van der Waals surface area contributed by atoms with Crippen molar-refractivity contribution in [3.05, 3.63) is 65.7 Å². The quantitative estimate of drug-likeness (QED) is 0.587. The van der Waals surface area contributed by atoms with Crippen molar-refractivity contribution in [3.8, 4) is 5.75 Å². The summed E-state index contributed by atoms with van der Waals surface area (Å²) in [5, 5.41) is 5.79. The molecule has 2 aliphatic rings. The number of hydrazone groups is 1. The highest BCUT2D eigenvalue weighted by molar-refractivity contribution is 6.13. The van der Waals surface area contributed by atoms with E-state index in [0.29, 0.717) is 19.4 Å². The highest BCUT2D eigenvalue weighted by Crippen LogP contribution is 2.39. The predicted octanol–water partition coefficient (Wildman–Crippen LogP) is 2.76. The van der Waals surface area contributed by atoms with E-state index in [2.05, 4.69) is 5.10 Å². The van der Waals surface area contributed by atoms with Crippen molar-refractivity contribution in [2.75, 3.05) is 26.7 Å². The van der Waals surface area contributed by atoms with Crippen molar-refractivity contribution in [1.82, 2.24) is 9.91 Å². The predicted molar refractivity (Wildman–Crippen MR) is 132 cm³/mol. The van der Waals surface area contributed by atoms with Gasteiger partial charge in [-0.1, -0.05) is 44.2 Å². The molecular formula is C27H30F2N4O4. The van der Waals surface area contributed by atoms with Crippen LogP contribution in [0, 0.1) is 28.4 Å². The van der Waals surface area contributed by atoms with Crippen molar-refractivity contribution < 1.29 is 27.9 Å². The average molecular weight is 513 g/mol. The Labute approximate surface area is 214 Å². The first kappa shape index (κ1) is 26.2. The average Bonchev–Trinajstić information content (AvgIpc) is 3.10. The minimum atomic E-state index is -1.33. The molecule has 2 aliphatic heterocycles. The van der Waals surface area contributed by atoms with Crippen LogP contribution in [0.25, 0.3) is 0 Å². The van der Waals surface area contributed by atoms with Gasteiger partial charge in [0.25, 0.3) is 5.91 Å². The van der Waals surface area contributed by atoms with Gasteiger partial charge in [0.05, 0.1) is 17.0 Å². The molecule has 0 spiro atoms. The van der Waals surface area contributed by atoms with Crippen molar-refractivity contribution in [3.63, 3.8) is 0 Å². The summed E-state index contributed by atoms with van der Waals surface area (Å²) >= 11 is 0. The number of rotatable bonds is 8. The molecule has 196 valence electrons. The number of amides is 3. The monoisotopic (exact) mass is 512 g/mol. The van der Waals surface area contributed by atoms with Gasteiger partial charge in [-0.15, -0.1) is 0 Å². The number of fused-ring (bicyclic) bond motifs is 1. The summed E-state index contributed by atoms with van der Waals surface area (Å²) in [6.07, 6.45) is 0.761. The topological polar surface area (TPSA) is 105 Å². The zero-order valence-electron chi connectivity index (χ0n) is 21.0. The number of carbonyl (C=O) groups is 3. The molecule has 37 heavy (non-hydrogen) atoms. The van der Waals surface area contributed by atoms with Gasteiger partial charge in [-0.2, -0.15) is 5.10 Å². The minimum Gasteiger partial charge on any atom is -0.493 e. The number of piperidine rings is 1. The maximum atomic E-state index is 13.9. The fourth-order valence-electron chi connectivity index (χ4n) is 4.94. The van der Waals surface area contributed by atoms with E-state index in [1.54, 1.807) is 11.9 Å². The smallest absolute Gasteiger partial charge is 0.256 e. The molecule has 2 aromatic rings. The van der Waals surface area contributed by atoms with Crippen LogP contribution in [0.15, 0.2) is 53.6 Å². The third-order valence-electron chi connectivity index (χ3n) is 7.38. The van der Waals surface area contributed by atoms with Crippen LogP contribution in [-0.2, 0) is 20.8 Å². The number of benzene rings is 2. The molecule has 2 heterocycles. The Morgan fingerprint density at radius 3 is 2.51 bits per heavy atom. The molecule has 0 bridgehead atoms. The molecule has 0 unspecified atom stereocenters. The Hall–Kier alpha value is -3.82. The third-order valence-corrected chi connectivity index (χ3v) is 7.38. The second-order valence-corrected chi connectivity index (χ2v) is 10.2. The van der Waals surface area contributed by atoms with Gasteiger partial charge in [-0.05, 0) is 24.1 Å². The van der Waals surface area contributed by atoms with Gasteiger partial charge in [0.2, 0.25) is 11.8 Å². The SMILES string of the molecule is CN1N=C2CCN(C(=O)[C@@H](COc3ccc(F)c(F)c3)C(C)(C)C(N)=O)C[C@@]2(Cc2ccccc2)C1=O. The summed E-state index contributed by atoms with van der Waals surface area (Å²) in [4.78, 5) is 41.2. The lowest BCUT2D eigenvalue weighted by Gasteiger charge is -2.42. The molecule has 2 N–H and O–H groups in total. The zero-order chi connectivity index (χ0) is 27.0. The summed E-state index contributed by atoms with van der Waals surface area (Å²) in [6, 6.07) is 12.5. The number of likely N-dealkylation sites (tertiary alicyclic amines) is 1. The van der Waals surface area contributed by atoms with Crippen molar-refractivity contribution in [2.24, 2.45) is 27.6 Å². The number of nitrogens with zero attached hydrogens (tertiary/aromatic N) is 3. The molecule has 1 saturated heterocycles. The Morgan fingerprint density at radius 2 is 1.86 bits per heavy atom. The van der Waals surface area contributed by atoms with Crippen LogP contribution in [0.3, 0.4) is 0 Å². The Morgan fingerprint density at radius 1 is 1.16 bits per heavy atom. The van der Waals surface area contributed by atoms with E-state index in [9.17, 15) is 23.2 Å². The first-order valence-corrected chi connectivity index (χ1v) is 12.0. The van der Waals surface area contributed by atoms with E-state index >= 15 is 0 Å². The lowest BCUT2D eigenvalue weighted by molar-refractivity contribution is -0.149. The van der Waals surface area contributed by atoms with Crippen LogP contribution in [0.4, 0.5) is 8.78 Å². The van der Waals surface area contributed by atoms with Crippen LogP contribution in [0.2, 0.25) is 0 Å². The lowest BCUT2D eigenvalue weighted by atomic mass is 9.72. The normalized spacial score (nSPS) is 20.4. The van der Waals surface area contributed by atoms with E-state index in [0.717, 1.165) is 23.4 Å². The molecule has 1 fully saturated rings. The number of nitrogens with two attached hydrogens (primary N) is 1. The zero-order valence-corrected chi connectivity index (χ0v) is 21.0. The van der Waals surface area contributed by atoms with Gasteiger partial charge in [-0.3, -0.25) is 14.4 Å². The maximum Gasteiger partial charge on any atom is 0.256 e. The largest absolute Gasteiger partial charge is 0.493 e. The summed E-state index contributed by atoms with van der Waals surface area (Å²) < 4.78 is 32.6. The van der Waals surface area contributed by atoms with Crippen LogP contribution in [0.5, 0.6) is 5.75 Å². The molecule has 4 rings (SSSR count). The molecular weight excluding hydrogens is 482 g/mol. The number of carbonyl (C=O) groups excluding carboxylic acids is 3. The fraction of sp³-hybridized carbons (Fsp3) is 0.407. The number of halogens is 2. The Kier molecular flexibility index (Phi) is 7.03. The van der Waals surface area contributed by atoms with Gasteiger partial charge in [-0.25, -0.2) is 13.8 Å². The first-order valence-electron chi connectivity index (χ1n) is 12.0. The second-order valence-electron chi connectivity index (χ2n) is 10.2. The minimum absolute atomic E-state index is 0.0122. The fourth-order valence-corrected chi connectivity index (χ4v) is 4.94. The molecule has 0 aromatic heterocycles. The van der Waals surface area contributed by atoms with E-state index in [-0.39, 0.29) is 24.8 Å². The first-order chi connectivity index (χ1) is 17.5. The lowest BCUT2D eigenvalue weighted by Crippen LogP contribution is -2.58. The summed E-state index contributed by atoms with van der Waals surface area (Å²) in [5.74, 6) is -4.48. The number of ether oxygens (including phenoxy) is 1. The molecule has 8 nitrogen and oxygen atoms in total. The third kappa shape index (κ3) is 4.92. The number of primary amides is 1. The summed E-state index contributed by atoms with van der Waals surface area (Å²) in [7, 11) is 1.60. The van der Waals surface area contributed by atoms with Gasteiger partial charge in [0.15, 0.2) is 11.6 Å². The molecule has 10 heteroatoms. The summed E-state index contributed by atoms with van der Waals surface area (Å²) in [5.41, 5.74) is 4.96. The van der Waals surface area contributed by atoms with Crippen molar-refractivity contribution in [1.29, 1.82) is 0 Å². The molecule has 2 aromatic carbocycles. The van der Waals surface area contributed by atoms with E-state index < -0.39 is 40.2 Å². The van der Waals surface area contributed by atoms with E-state index in [1.807, 2.05) is 30.3 Å². The molecule has 0 aliphatic carbocycles. The second kappa shape index (κ2) is 9.91. The Balaban J connectivity index is 1.62. The highest BCUT2D eigenvalue weighted by Gasteiger charge is 2.54. The standard InChI is InChI=1S/C27H30F2N4O4/c1-26(2,24(30)35)19(15-37-18-9-10-20(28)21(29)13-18)23(34)33-12-11-22-27(16-33,25(36)32(3)31-22)14-17-7-5-4-6-8-17/h4-10,13,19H,11-12,14-16H2,1-3H3,(H2,30,35)/t19-,27-/m1/s1. The molecule has 2 atom stereocenters. The van der Waals surface area contributed by atoms with Crippen LogP contribution in [-0.4, -0.2) is 60.1 Å². The van der Waals surface area contributed by atoms with Crippen LogP contribution in [0.1, 0.15) is 25.8 Å². The van der Waals surface area contributed by atoms with Gasteiger partial charge in [0.1, 0.15) is 17.8 Å². The maximum absolute atomic E-state index is 13.9. The number of hydrogen-bond acceptors (Lipinski definition) is 5. The van der Waals surface area contributed by atoms with Crippen molar-refractivity contribution in [2.45, 2.75) is 26.7 Å². The Bertz CT molecular complexity index is 1250. The van der Waals surface area contributed by atoms with E-state index in [4.69, 9.17) is 10.5 Å². The molecule has 0 radical (unpaired) electrons. The van der Waals surface area contributed by atoms with Crippen molar-refractivity contribution >= 4 is 23.4 Å². The van der Waals surface area contributed by atoms with Gasteiger partial charge < -0.3 is 15.4 Å². The van der Waals surface area contributed by atoms with Gasteiger partial charge in [0, 0.05) is 32.6 Å². The van der Waals surface area contributed by atoms with Crippen LogP contribution < -0.4 is 10.5 Å². The molecule has 0 saturated carbocycles. The van der Waals surface area contributed by atoms with E-state index in [1.165, 1.54) is 24.9 Å². The number of hydrogen-bond donors (Lipinski definition) is 1. The highest BCUT2D eigenvalue weighted by atomic mass is 19.2. The molecule has 3 amide bonds. The van der Waals surface area contributed by atoms with Gasteiger partial charge >= 0.3 is 0 Å². The summed E-state index contributed by atoms with van der Waals surface area (Å²) in [6.45, 7) is 3.16. The van der Waals surface area contributed by atoms with Crippen LogP contribution >= 0.6 is 0 Å².